The highest BCUT2D eigenvalue weighted by Gasteiger charge is 2.21. The maximum atomic E-state index is 12.7. The number of aryl methyl sites for hydroxylation is 1. The minimum absolute atomic E-state index is 0.233. The number of anilines is 2. The second-order valence-corrected chi connectivity index (χ2v) is 7.26. The van der Waals surface area contributed by atoms with E-state index in [0.717, 1.165) is 62.9 Å². The topological polar surface area (TPSA) is 48.9 Å². The van der Waals surface area contributed by atoms with Crippen LogP contribution in [0.25, 0.3) is 0 Å². The van der Waals surface area contributed by atoms with Gasteiger partial charge in [-0.15, -0.1) is 0 Å². The van der Waals surface area contributed by atoms with Gasteiger partial charge in [-0.1, -0.05) is 6.07 Å². The van der Waals surface area contributed by atoms with E-state index >= 15 is 0 Å². The number of aromatic nitrogens is 1. The first kappa shape index (κ1) is 21.0. The van der Waals surface area contributed by atoms with Gasteiger partial charge in [-0.25, -0.2) is 4.98 Å². The second kappa shape index (κ2) is 10.1. The molecule has 6 heteroatoms. The van der Waals surface area contributed by atoms with Crippen molar-refractivity contribution in [3.8, 4) is 5.75 Å². The van der Waals surface area contributed by atoms with Gasteiger partial charge in [0.2, 0.25) is 5.91 Å². The lowest BCUT2D eigenvalue weighted by atomic mass is 10.1. The lowest BCUT2D eigenvalue weighted by Crippen LogP contribution is -2.48. The summed E-state index contributed by atoms with van der Waals surface area (Å²) in [6.45, 7) is 9.35. The number of pyridine rings is 1. The summed E-state index contributed by atoms with van der Waals surface area (Å²) in [5, 5.41) is 0. The monoisotopic (exact) mass is 396 g/mol. The van der Waals surface area contributed by atoms with Gasteiger partial charge >= 0.3 is 0 Å². The Kier molecular flexibility index (Phi) is 7.33. The van der Waals surface area contributed by atoms with Gasteiger partial charge in [0.25, 0.3) is 0 Å². The highest BCUT2D eigenvalue weighted by Crippen LogP contribution is 2.22. The van der Waals surface area contributed by atoms with E-state index in [2.05, 4.69) is 40.8 Å². The van der Waals surface area contributed by atoms with Crippen LogP contribution in [-0.4, -0.2) is 62.2 Å². The molecule has 0 bridgehead atoms. The van der Waals surface area contributed by atoms with Crippen LogP contribution in [0.5, 0.6) is 5.75 Å². The number of hydrogen-bond acceptors (Lipinski definition) is 5. The average molecular weight is 397 g/mol. The number of carbonyl (C=O) groups excluding carboxylic acids is 1. The highest BCUT2D eigenvalue weighted by molar-refractivity contribution is 5.77. The van der Waals surface area contributed by atoms with Gasteiger partial charge in [0.15, 0.2) is 0 Å². The molecule has 0 atom stereocenters. The molecular formula is C23H32N4O2. The predicted octanol–water partition coefficient (Wildman–Crippen LogP) is 3.22. The molecule has 3 rings (SSSR count). The number of nitrogens with zero attached hydrogens (tertiary/aromatic N) is 4. The summed E-state index contributed by atoms with van der Waals surface area (Å²) in [5.41, 5.74) is 2.32. The largest absolute Gasteiger partial charge is 0.497 e. The van der Waals surface area contributed by atoms with Crippen LogP contribution in [-0.2, 0) is 11.2 Å². The molecule has 0 unspecified atom stereocenters. The van der Waals surface area contributed by atoms with Gasteiger partial charge in [0, 0.05) is 63.6 Å². The van der Waals surface area contributed by atoms with Crippen molar-refractivity contribution in [3.05, 3.63) is 48.2 Å². The van der Waals surface area contributed by atoms with Gasteiger partial charge in [-0.2, -0.15) is 0 Å². The molecule has 0 N–H and O–H groups in total. The molecule has 1 aromatic carbocycles. The first-order valence-electron chi connectivity index (χ1n) is 10.5. The zero-order valence-electron chi connectivity index (χ0n) is 17.8. The number of ether oxygens (including phenoxy) is 1. The Labute approximate surface area is 174 Å². The smallest absolute Gasteiger partial charge is 0.223 e. The van der Waals surface area contributed by atoms with E-state index in [4.69, 9.17) is 4.74 Å². The van der Waals surface area contributed by atoms with Crippen molar-refractivity contribution < 1.29 is 9.53 Å². The summed E-state index contributed by atoms with van der Waals surface area (Å²) in [5.74, 6) is 2.09. The Morgan fingerprint density at radius 1 is 1.10 bits per heavy atom. The Morgan fingerprint density at radius 2 is 1.86 bits per heavy atom. The Morgan fingerprint density at radius 3 is 2.55 bits per heavy atom. The molecule has 2 heterocycles. The minimum atomic E-state index is 0.233. The third-order valence-corrected chi connectivity index (χ3v) is 5.58. The number of amides is 1. The standard InChI is InChI=1S/C23H32N4O2/c1-4-25(5-2)22-17-19(11-12-24-22)9-10-23(28)27-15-13-26(14-16-27)20-7-6-8-21(18-20)29-3/h6-8,11-12,17-18H,4-5,9-10,13-16H2,1-3H3. The van der Waals surface area contributed by atoms with E-state index in [0.29, 0.717) is 6.42 Å². The number of benzene rings is 1. The van der Waals surface area contributed by atoms with Crippen molar-refractivity contribution in [2.45, 2.75) is 26.7 Å². The quantitative estimate of drug-likeness (QED) is 0.686. The van der Waals surface area contributed by atoms with E-state index in [1.807, 2.05) is 35.4 Å². The van der Waals surface area contributed by atoms with Crippen LogP contribution in [0, 0.1) is 0 Å². The summed E-state index contributed by atoms with van der Waals surface area (Å²) in [6, 6.07) is 12.2. The van der Waals surface area contributed by atoms with E-state index < -0.39 is 0 Å². The maximum Gasteiger partial charge on any atom is 0.223 e. The number of hydrogen-bond donors (Lipinski definition) is 0. The Bertz CT molecular complexity index is 799. The summed E-state index contributed by atoms with van der Waals surface area (Å²) < 4.78 is 5.32. The molecule has 1 aliphatic heterocycles. The first-order chi connectivity index (χ1) is 14.1. The number of carbonyl (C=O) groups is 1. The molecule has 1 amide bonds. The molecule has 1 aromatic heterocycles. The molecule has 1 fully saturated rings. The fourth-order valence-electron chi connectivity index (χ4n) is 3.77. The van der Waals surface area contributed by atoms with E-state index in [-0.39, 0.29) is 5.91 Å². The van der Waals surface area contributed by atoms with Crippen molar-refractivity contribution in [1.29, 1.82) is 0 Å². The maximum absolute atomic E-state index is 12.7. The minimum Gasteiger partial charge on any atom is -0.497 e. The van der Waals surface area contributed by atoms with Crippen molar-refractivity contribution in [2.24, 2.45) is 0 Å². The van der Waals surface area contributed by atoms with Crippen molar-refractivity contribution in [2.75, 3.05) is 56.2 Å². The fourth-order valence-corrected chi connectivity index (χ4v) is 3.77. The molecule has 1 aliphatic rings. The third-order valence-electron chi connectivity index (χ3n) is 5.58. The summed E-state index contributed by atoms with van der Waals surface area (Å²) >= 11 is 0. The van der Waals surface area contributed by atoms with Crippen LogP contribution in [0.2, 0.25) is 0 Å². The number of rotatable bonds is 8. The Hall–Kier alpha value is -2.76. The van der Waals surface area contributed by atoms with Crippen LogP contribution >= 0.6 is 0 Å². The van der Waals surface area contributed by atoms with Crippen LogP contribution in [0.4, 0.5) is 11.5 Å². The first-order valence-corrected chi connectivity index (χ1v) is 10.5. The van der Waals surface area contributed by atoms with Crippen LogP contribution in [0.3, 0.4) is 0 Å². The normalized spacial score (nSPS) is 14.0. The van der Waals surface area contributed by atoms with Gasteiger partial charge < -0.3 is 19.4 Å². The van der Waals surface area contributed by atoms with Crippen molar-refractivity contribution in [1.82, 2.24) is 9.88 Å². The molecule has 1 saturated heterocycles. The molecule has 0 aliphatic carbocycles. The van der Waals surface area contributed by atoms with Crippen molar-refractivity contribution >= 4 is 17.4 Å². The summed E-state index contributed by atoms with van der Waals surface area (Å²) in [7, 11) is 1.68. The second-order valence-electron chi connectivity index (χ2n) is 7.26. The zero-order chi connectivity index (χ0) is 20.6. The van der Waals surface area contributed by atoms with E-state index in [9.17, 15) is 4.79 Å². The molecule has 156 valence electrons. The lowest BCUT2D eigenvalue weighted by molar-refractivity contribution is -0.131. The summed E-state index contributed by atoms with van der Waals surface area (Å²) in [6.07, 6.45) is 3.15. The highest BCUT2D eigenvalue weighted by atomic mass is 16.5. The molecule has 6 nitrogen and oxygen atoms in total. The lowest BCUT2D eigenvalue weighted by Gasteiger charge is -2.36. The average Bonchev–Trinajstić information content (AvgIpc) is 2.79. The van der Waals surface area contributed by atoms with Crippen LogP contribution < -0.4 is 14.5 Å². The van der Waals surface area contributed by atoms with Gasteiger partial charge in [-0.3, -0.25) is 4.79 Å². The predicted molar refractivity (Wildman–Crippen MR) is 118 cm³/mol. The molecule has 29 heavy (non-hydrogen) atoms. The SMILES string of the molecule is CCN(CC)c1cc(CCC(=O)N2CCN(c3cccc(OC)c3)CC2)ccn1. The number of methoxy groups -OCH3 is 1. The van der Waals surface area contributed by atoms with Gasteiger partial charge in [0.1, 0.15) is 11.6 Å². The van der Waals surface area contributed by atoms with E-state index in [1.54, 1.807) is 7.11 Å². The van der Waals surface area contributed by atoms with Crippen molar-refractivity contribution in [3.63, 3.8) is 0 Å². The number of piperazine rings is 1. The fraction of sp³-hybridized carbons (Fsp3) is 0.478. The van der Waals surface area contributed by atoms with Crippen LogP contribution in [0.1, 0.15) is 25.8 Å². The molecule has 0 radical (unpaired) electrons. The van der Waals surface area contributed by atoms with Crippen LogP contribution in [0.15, 0.2) is 42.6 Å². The van der Waals surface area contributed by atoms with Gasteiger partial charge in [-0.05, 0) is 50.1 Å². The molecule has 0 saturated carbocycles. The molecule has 0 spiro atoms. The van der Waals surface area contributed by atoms with E-state index in [1.165, 1.54) is 5.56 Å². The molecular weight excluding hydrogens is 364 g/mol. The summed E-state index contributed by atoms with van der Waals surface area (Å²) in [4.78, 5) is 23.7. The Balaban J connectivity index is 1.50. The third kappa shape index (κ3) is 5.40. The van der Waals surface area contributed by atoms with Gasteiger partial charge in [0.05, 0.1) is 7.11 Å². The molecule has 2 aromatic rings. The zero-order valence-corrected chi connectivity index (χ0v) is 17.8.